The van der Waals surface area contributed by atoms with Gasteiger partial charge in [0.15, 0.2) is 11.5 Å². The van der Waals surface area contributed by atoms with E-state index in [4.69, 9.17) is 9.94 Å². The summed E-state index contributed by atoms with van der Waals surface area (Å²) >= 11 is 1.03. The number of carboxylic acid groups (broad SMARTS) is 1. The van der Waals surface area contributed by atoms with Gasteiger partial charge in [-0.15, -0.1) is 11.3 Å². The van der Waals surface area contributed by atoms with Crippen LogP contribution in [0.4, 0.5) is 14.5 Å². The number of thiophene rings is 1. The number of hydrogen-bond donors (Lipinski definition) is 5. The van der Waals surface area contributed by atoms with Gasteiger partial charge in [-0.3, -0.25) is 19.6 Å². The molecule has 0 aliphatic carbocycles. The Morgan fingerprint density at radius 2 is 1.88 bits per heavy atom. The van der Waals surface area contributed by atoms with Gasteiger partial charge in [0.1, 0.15) is 18.2 Å². The maximum atomic E-state index is 13.8. The zero-order valence-electron chi connectivity index (χ0n) is 17.1. The largest absolute Gasteiger partial charge is 0.481 e. The van der Waals surface area contributed by atoms with Crippen LogP contribution in [0.2, 0.25) is 0 Å². The summed E-state index contributed by atoms with van der Waals surface area (Å²) in [6.07, 6.45) is -0.534. The molecule has 1 aromatic carbocycles. The van der Waals surface area contributed by atoms with E-state index in [0.717, 1.165) is 29.5 Å². The summed E-state index contributed by atoms with van der Waals surface area (Å²) in [7, 11) is 0. The Balaban J connectivity index is 1.86. The molecule has 2 aromatic heterocycles. The number of hydrogen-bond acceptors (Lipinski definition) is 8. The van der Waals surface area contributed by atoms with Gasteiger partial charge in [0.2, 0.25) is 17.6 Å². The summed E-state index contributed by atoms with van der Waals surface area (Å²) in [4.78, 5) is 53.9. The van der Waals surface area contributed by atoms with Crippen molar-refractivity contribution in [2.45, 2.75) is 19.4 Å². The highest BCUT2D eigenvalue weighted by Gasteiger charge is 2.22. The standard InChI is InChI=1S/C20H16F2N4O7S/c21-10-1-2-11(22)9(7-10)8-33-16-15(20(30)31)24-18(25-19(16)29)17-12(5-6-34-17)23-13(27)3-4-14(28)26-32/h1-2,5-7,32H,3-4,8H2,(H,23,27)(H,26,28)(H,30,31)(H,24,25,29). The highest BCUT2D eigenvalue weighted by atomic mass is 32.1. The van der Waals surface area contributed by atoms with Crippen LogP contribution in [0, 0.1) is 11.6 Å². The van der Waals surface area contributed by atoms with Crippen LogP contribution in [-0.2, 0) is 16.2 Å². The van der Waals surface area contributed by atoms with Crippen molar-refractivity contribution in [2.75, 3.05) is 5.32 Å². The number of carbonyl (C=O) groups excluding carboxylic acids is 2. The number of H-pyrrole nitrogens is 1. The normalized spacial score (nSPS) is 10.6. The lowest BCUT2D eigenvalue weighted by Crippen LogP contribution is -2.21. The molecule has 0 saturated carbocycles. The molecule has 5 N–H and O–H groups in total. The molecule has 0 radical (unpaired) electrons. The first kappa shape index (κ1) is 24.5. The molecule has 34 heavy (non-hydrogen) atoms. The van der Waals surface area contributed by atoms with Gasteiger partial charge in [-0.1, -0.05) is 0 Å². The molecular weight excluding hydrogens is 478 g/mol. The van der Waals surface area contributed by atoms with Crippen LogP contribution in [0.3, 0.4) is 0 Å². The van der Waals surface area contributed by atoms with Gasteiger partial charge < -0.3 is 20.1 Å². The average Bonchev–Trinajstić information content (AvgIpc) is 3.26. The predicted molar refractivity (Wildman–Crippen MR) is 114 cm³/mol. The van der Waals surface area contributed by atoms with Crippen molar-refractivity contribution in [3.63, 3.8) is 0 Å². The smallest absolute Gasteiger partial charge is 0.358 e. The summed E-state index contributed by atoms with van der Waals surface area (Å²) in [6, 6.07) is 4.07. The molecule has 0 aliphatic rings. The van der Waals surface area contributed by atoms with Gasteiger partial charge in [-0.25, -0.2) is 24.0 Å². The molecule has 0 spiro atoms. The number of carboxylic acids is 1. The molecule has 2 heterocycles. The number of amides is 2. The SMILES string of the molecule is O=C(CCC(=O)Nc1ccsc1-c1nc(C(=O)O)c(OCc2cc(F)ccc2F)c(=O)[nH]1)NO. The molecule has 3 aromatic rings. The first-order valence-corrected chi connectivity index (χ1v) is 10.3. The molecule has 0 aliphatic heterocycles. The maximum Gasteiger partial charge on any atom is 0.358 e. The second-order valence-electron chi connectivity index (χ2n) is 6.67. The third-order valence-electron chi connectivity index (χ3n) is 4.32. The minimum Gasteiger partial charge on any atom is -0.481 e. The number of hydroxylamine groups is 1. The Morgan fingerprint density at radius 3 is 2.59 bits per heavy atom. The van der Waals surface area contributed by atoms with Crippen LogP contribution in [0.15, 0.2) is 34.4 Å². The Bertz CT molecular complexity index is 1310. The zero-order chi connectivity index (χ0) is 24.8. The van der Waals surface area contributed by atoms with Gasteiger partial charge in [-0.2, -0.15) is 0 Å². The van der Waals surface area contributed by atoms with Crippen molar-refractivity contribution in [1.29, 1.82) is 0 Å². The van der Waals surface area contributed by atoms with E-state index in [1.807, 2.05) is 0 Å². The van der Waals surface area contributed by atoms with E-state index in [0.29, 0.717) is 0 Å². The van der Waals surface area contributed by atoms with Gasteiger partial charge in [0.05, 0.1) is 10.6 Å². The van der Waals surface area contributed by atoms with Crippen LogP contribution < -0.4 is 21.1 Å². The lowest BCUT2D eigenvalue weighted by Gasteiger charge is -2.11. The Hall–Kier alpha value is -4.17. The Kier molecular flexibility index (Phi) is 7.65. The van der Waals surface area contributed by atoms with Crippen LogP contribution in [0.1, 0.15) is 28.9 Å². The fourth-order valence-electron chi connectivity index (χ4n) is 2.74. The topological polar surface area (TPSA) is 171 Å². The molecule has 0 saturated heterocycles. The molecule has 0 fully saturated rings. The summed E-state index contributed by atoms with van der Waals surface area (Å²) in [5, 5.41) is 22.0. The highest BCUT2D eigenvalue weighted by molar-refractivity contribution is 7.14. The Labute approximate surface area is 193 Å². The molecule has 14 heteroatoms. The van der Waals surface area contributed by atoms with Crippen LogP contribution in [0.5, 0.6) is 5.75 Å². The van der Waals surface area contributed by atoms with Crippen LogP contribution in [-0.4, -0.2) is 38.1 Å². The number of carbonyl (C=O) groups is 3. The summed E-state index contributed by atoms with van der Waals surface area (Å²) < 4.78 is 32.3. The van der Waals surface area contributed by atoms with Gasteiger partial charge >= 0.3 is 5.97 Å². The number of nitrogens with one attached hydrogen (secondary N) is 3. The number of aromatic carboxylic acids is 1. The van der Waals surface area contributed by atoms with Crippen LogP contribution in [0.25, 0.3) is 10.7 Å². The van der Waals surface area contributed by atoms with Crippen molar-refractivity contribution in [1.82, 2.24) is 15.4 Å². The molecule has 3 rings (SSSR count). The van der Waals surface area contributed by atoms with E-state index < -0.39 is 53.0 Å². The van der Waals surface area contributed by atoms with Gasteiger partial charge in [-0.05, 0) is 29.6 Å². The number of ether oxygens (including phenoxy) is 1. The number of benzene rings is 1. The molecule has 11 nitrogen and oxygen atoms in total. The minimum absolute atomic E-state index is 0.189. The first-order valence-electron chi connectivity index (χ1n) is 9.44. The van der Waals surface area contributed by atoms with E-state index >= 15 is 0 Å². The molecule has 0 unspecified atom stereocenters. The number of aromatic nitrogens is 2. The summed E-state index contributed by atoms with van der Waals surface area (Å²) in [6.45, 7) is -0.629. The van der Waals surface area contributed by atoms with E-state index in [2.05, 4.69) is 15.3 Å². The minimum atomic E-state index is -1.61. The lowest BCUT2D eigenvalue weighted by molar-refractivity contribution is -0.131. The average molecular weight is 494 g/mol. The molecular formula is C20H16F2N4O7S. The summed E-state index contributed by atoms with van der Waals surface area (Å²) in [5.74, 6) is -5.41. The fraction of sp³-hybridized carbons (Fsp3) is 0.150. The third kappa shape index (κ3) is 5.79. The maximum absolute atomic E-state index is 13.8. The predicted octanol–water partition coefficient (Wildman–Crippen LogP) is 2.28. The molecule has 2 amide bonds. The fourth-order valence-corrected chi connectivity index (χ4v) is 3.53. The molecule has 178 valence electrons. The zero-order valence-corrected chi connectivity index (χ0v) is 17.9. The van der Waals surface area contributed by atoms with E-state index in [1.54, 1.807) is 5.38 Å². The number of aromatic amines is 1. The van der Waals surface area contributed by atoms with Gasteiger partial charge in [0.25, 0.3) is 5.56 Å². The second-order valence-corrected chi connectivity index (χ2v) is 7.58. The lowest BCUT2D eigenvalue weighted by atomic mass is 10.2. The van der Waals surface area contributed by atoms with Crippen molar-refractivity contribution < 1.29 is 38.2 Å². The number of nitrogens with zero attached hydrogens (tertiary/aromatic N) is 1. The molecule has 0 atom stereocenters. The third-order valence-corrected chi connectivity index (χ3v) is 5.24. The van der Waals surface area contributed by atoms with Crippen molar-refractivity contribution in [2.24, 2.45) is 0 Å². The Morgan fingerprint density at radius 1 is 1.15 bits per heavy atom. The van der Waals surface area contributed by atoms with Crippen molar-refractivity contribution in [3.05, 3.63) is 62.9 Å². The van der Waals surface area contributed by atoms with E-state index in [9.17, 15) is 33.1 Å². The number of anilines is 1. The first-order chi connectivity index (χ1) is 16.2. The molecule has 0 bridgehead atoms. The monoisotopic (exact) mass is 494 g/mol. The van der Waals surface area contributed by atoms with Crippen molar-refractivity contribution in [3.8, 4) is 16.5 Å². The summed E-state index contributed by atoms with van der Waals surface area (Å²) in [5.41, 5.74) is -0.424. The van der Waals surface area contributed by atoms with Crippen LogP contribution >= 0.6 is 11.3 Å². The highest BCUT2D eigenvalue weighted by Crippen LogP contribution is 2.32. The second kappa shape index (κ2) is 10.6. The van der Waals surface area contributed by atoms with Gasteiger partial charge in [0, 0.05) is 18.4 Å². The quantitative estimate of drug-likeness (QED) is 0.223. The van der Waals surface area contributed by atoms with E-state index in [-0.39, 0.29) is 34.8 Å². The number of rotatable bonds is 9. The number of halogens is 2. The van der Waals surface area contributed by atoms with E-state index in [1.165, 1.54) is 11.5 Å². The van der Waals surface area contributed by atoms with Crippen molar-refractivity contribution >= 4 is 34.8 Å².